The molecule has 5 aliphatic heterocycles. The van der Waals surface area contributed by atoms with Crippen molar-refractivity contribution < 1.29 is 23.9 Å². The lowest BCUT2D eigenvalue weighted by molar-refractivity contribution is -0.136. The number of piperidine rings is 3. The molecule has 2 aromatic carbocycles. The highest BCUT2D eigenvalue weighted by Gasteiger charge is 2.46. The lowest BCUT2D eigenvalue weighted by atomic mass is 9.71. The molecular formula is C44H50ClN9O5. The first-order chi connectivity index (χ1) is 28.6. The van der Waals surface area contributed by atoms with Gasteiger partial charge in [0.2, 0.25) is 11.8 Å². The molecule has 6 heterocycles. The van der Waals surface area contributed by atoms with Gasteiger partial charge in [0, 0.05) is 74.5 Å². The quantitative estimate of drug-likeness (QED) is 0.288. The van der Waals surface area contributed by atoms with Crippen molar-refractivity contribution in [2.75, 3.05) is 55.6 Å². The molecule has 0 bridgehead atoms. The number of imide groups is 1. The van der Waals surface area contributed by atoms with Gasteiger partial charge in [-0.2, -0.15) is 5.26 Å². The Morgan fingerprint density at radius 3 is 2.39 bits per heavy atom. The Morgan fingerprint density at radius 1 is 0.915 bits per heavy atom. The molecule has 1 aliphatic carbocycles. The molecule has 15 heteroatoms. The summed E-state index contributed by atoms with van der Waals surface area (Å²) in [6, 6.07) is 16.4. The van der Waals surface area contributed by atoms with Crippen molar-refractivity contribution in [3.05, 3.63) is 75.9 Å². The van der Waals surface area contributed by atoms with Crippen molar-refractivity contribution in [2.24, 2.45) is 11.3 Å². The second kappa shape index (κ2) is 16.4. The van der Waals surface area contributed by atoms with Gasteiger partial charge in [-0.15, -0.1) is 10.2 Å². The number of rotatable bonds is 9. The van der Waals surface area contributed by atoms with Gasteiger partial charge in [-0.25, -0.2) is 0 Å². The molecule has 1 unspecified atom stereocenters. The van der Waals surface area contributed by atoms with Crippen LogP contribution >= 0.6 is 11.6 Å². The van der Waals surface area contributed by atoms with Crippen molar-refractivity contribution in [3.63, 3.8) is 0 Å². The van der Waals surface area contributed by atoms with E-state index >= 15 is 0 Å². The van der Waals surface area contributed by atoms with Gasteiger partial charge in [0.1, 0.15) is 17.9 Å². The Morgan fingerprint density at radius 2 is 1.69 bits per heavy atom. The maximum Gasteiger partial charge on any atom is 0.272 e. The van der Waals surface area contributed by atoms with E-state index in [4.69, 9.17) is 21.6 Å². The number of amides is 4. The molecule has 14 nitrogen and oxygen atoms in total. The molecule has 1 saturated carbocycles. The number of nitriles is 1. The van der Waals surface area contributed by atoms with E-state index in [0.717, 1.165) is 101 Å². The minimum absolute atomic E-state index is 0.0331. The summed E-state index contributed by atoms with van der Waals surface area (Å²) in [7, 11) is 0. The number of carbonyl (C=O) groups is 4. The number of nitrogens with zero attached hydrogens (tertiary/aromatic N) is 7. The number of nitrogens with one attached hydrogen (secondary N) is 2. The molecule has 1 aromatic heterocycles. The summed E-state index contributed by atoms with van der Waals surface area (Å²) >= 11 is 6.15. The predicted octanol–water partition coefficient (Wildman–Crippen LogP) is 4.70. The Hall–Kier alpha value is -5.26. The molecule has 5 fully saturated rings. The van der Waals surface area contributed by atoms with E-state index < -0.39 is 6.04 Å². The van der Waals surface area contributed by atoms with Crippen LogP contribution in [0.15, 0.2) is 48.5 Å². The van der Waals surface area contributed by atoms with Crippen LogP contribution < -0.4 is 25.2 Å². The minimum Gasteiger partial charge on any atom is -0.490 e. The van der Waals surface area contributed by atoms with Crippen LogP contribution in [-0.2, 0) is 16.1 Å². The third-order valence-corrected chi connectivity index (χ3v) is 13.9. The normalized spacial score (nSPS) is 24.6. The first kappa shape index (κ1) is 39.2. The van der Waals surface area contributed by atoms with Crippen LogP contribution in [0.4, 0.5) is 11.5 Å². The number of aromatic nitrogens is 2. The van der Waals surface area contributed by atoms with Gasteiger partial charge in [0.25, 0.3) is 11.8 Å². The molecule has 4 saturated heterocycles. The van der Waals surface area contributed by atoms with Crippen LogP contribution in [0.25, 0.3) is 0 Å². The smallest absolute Gasteiger partial charge is 0.272 e. The number of carbonyl (C=O) groups excluding carboxylic acids is 4. The highest BCUT2D eigenvalue weighted by Crippen LogP contribution is 2.44. The Labute approximate surface area is 349 Å². The van der Waals surface area contributed by atoms with Gasteiger partial charge < -0.3 is 29.7 Å². The van der Waals surface area contributed by atoms with Gasteiger partial charge in [0.15, 0.2) is 11.5 Å². The van der Waals surface area contributed by atoms with E-state index in [0.29, 0.717) is 51.9 Å². The number of hydrogen-bond donors (Lipinski definition) is 2. The van der Waals surface area contributed by atoms with E-state index in [9.17, 15) is 19.2 Å². The first-order valence-electron chi connectivity index (χ1n) is 21.1. The number of hydrogen-bond acceptors (Lipinski definition) is 11. The fourth-order valence-corrected chi connectivity index (χ4v) is 10.2. The summed E-state index contributed by atoms with van der Waals surface area (Å²) in [4.78, 5) is 59.2. The first-order valence-corrected chi connectivity index (χ1v) is 21.5. The number of anilines is 2. The van der Waals surface area contributed by atoms with Crippen molar-refractivity contribution in [1.82, 2.24) is 30.6 Å². The Balaban J connectivity index is 0.675. The second-order valence-corrected chi connectivity index (χ2v) is 17.8. The number of ether oxygens (including phenoxy) is 1. The van der Waals surface area contributed by atoms with Crippen molar-refractivity contribution >= 4 is 46.7 Å². The van der Waals surface area contributed by atoms with Crippen LogP contribution in [0.1, 0.15) is 96.2 Å². The maximum atomic E-state index is 13.1. The number of halogens is 1. The van der Waals surface area contributed by atoms with Crippen molar-refractivity contribution in [2.45, 2.75) is 88.9 Å². The molecule has 9 rings (SSSR count). The lowest BCUT2D eigenvalue weighted by Gasteiger charge is -2.55. The van der Waals surface area contributed by atoms with Crippen LogP contribution in [-0.4, -0.2) is 108 Å². The minimum atomic E-state index is -0.593. The number of likely N-dealkylation sites (tertiary alicyclic amines) is 1. The standard InChI is InChI=1S/C44H50ClN9O5/c45-36-22-34(5-1-29(36)23-46)59-33-6-2-31(3-7-33)47-41(56)37-9-11-39(50-49-37)52-17-13-28(14-18-52)24-51-19-15-44(16-20-51)26-53(27-44)32-4-8-35-30(21-32)25-54(43(35)58)38-10-12-40(55)48-42(38)57/h1,4-5,8-9,11,21-22,28,31,33,38H,2-3,6-7,10,12-20,24-27H2,(H,47,56)(H,48,55,57)/t31-,33-,38?. The Bertz CT molecular complexity index is 2150. The summed E-state index contributed by atoms with van der Waals surface area (Å²) in [5, 5.41) is 23.7. The van der Waals surface area contributed by atoms with E-state index in [1.54, 1.807) is 29.2 Å². The van der Waals surface area contributed by atoms with Crippen molar-refractivity contribution in [1.29, 1.82) is 5.26 Å². The van der Waals surface area contributed by atoms with E-state index in [1.807, 2.05) is 18.2 Å². The van der Waals surface area contributed by atoms with Gasteiger partial charge in [-0.1, -0.05) is 11.6 Å². The Kier molecular flexibility index (Phi) is 10.9. The maximum absolute atomic E-state index is 13.1. The molecule has 2 N–H and O–H groups in total. The topological polar surface area (TPSA) is 164 Å². The summed E-state index contributed by atoms with van der Waals surface area (Å²) in [6.45, 7) is 7.67. The summed E-state index contributed by atoms with van der Waals surface area (Å²) < 4.78 is 6.09. The van der Waals surface area contributed by atoms with Gasteiger partial charge >= 0.3 is 0 Å². The highest BCUT2D eigenvalue weighted by atomic mass is 35.5. The van der Waals surface area contributed by atoms with E-state index in [2.05, 4.69) is 47.7 Å². The molecule has 1 atom stereocenters. The third-order valence-electron chi connectivity index (χ3n) is 13.6. The van der Waals surface area contributed by atoms with Gasteiger partial charge in [0.05, 0.1) is 16.7 Å². The zero-order valence-corrected chi connectivity index (χ0v) is 34.0. The predicted molar refractivity (Wildman–Crippen MR) is 220 cm³/mol. The molecular weight excluding hydrogens is 770 g/mol. The number of fused-ring (bicyclic) bond motifs is 1. The average Bonchev–Trinajstić information content (AvgIpc) is 3.56. The van der Waals surface area contributed by atoms with Crippen LogP contribution in [0, 0.1) is 22.7 Å². The zero-order valence-electron chi connectivity index (χ0n) is 33.2. The highest BCUT2D eigenvalue weighted by molar-refractivity contribution is 6.31. The van der Waals surface area contributed by atoms with Crippen LogP contribution in [0.2, 0.25) is 5.02 Å². The molecule has 4 amide bonds. The molecule has 3 aromatic rings. The van der Waals surface area contributed by atoms with Gasteiger partial charge in [-0.05, 0) is 125 Å². The summed E-state index contributed by atoms with van der Waals surface area (Å²) in [5.74, 6) is 1.13. The molecule has 0 radical (unpaired) electrons. The van der Waals surface area contributed by atoms with E-state index in [1.165, 1.54) is 12.8 Å². The molecule has 6 aliphatic rings. The third kappa shape index (κ3) is 8.32. The molecule has 1 spiro atoms. The lowest BCUT2D eigenvalue weighted by Crippen LogP contribution is -2.60. The van der Waals surface area contributed by atoms with Crippen LogP contribution in [0.3, 0.4) is 0 Å². The zero-order chi connectivity index (χ0) is 40.7. The monoisotopic (exact) mass is 819 g/mol. The summed E-state index contributed by atoms with van der Waals surface area (Å²) in [5.41, 5.74) is 3.84. The molecule has 59 heavy (non-hydrogen) atoms. The van der Waals surface area contributed by atoms with Crippen molar-refractivity contribution in [3.8, 4) is 11.8 Å². The average molecular weight is 820 g/mol. The van der Waals surface area contributed by atoms with Gasteiger partial charge in [-0.3, -0.25) is 24.5 Å². The molecule has 308 valence electrons. The van der Waals surface area contributed by atoms with E-state index in [-0.39, 0.29) is 42.2 Å². The second-order valence-electron chi connectivity index (χ2n) is 17.4. The largest absolute Gasteiger partial charge is 0.490 e. The fraction of sp³-hybridized carbons (Fsp3) is 0.523. The SMILES string of the molecule is N#Cc1ccc(O[C@H]2CC[C@H](NC(=O)c3ccc(N4CCC(CN5CCC6(CC5)CN(c5ccc7c(c5)CN(C5CCC(=O)NC5=O)C7=O)C6)CC4)nn3)CC2)cc1Cl. The number of benzene rings is 2. The summed E-state index contributed by atoms with van der Waals surface area (Å²) in [6.07, 6.45) is 8.46. The fourth-order valence-electron chi connectivity index (χ4n) is 9.99. The van der Waals surface area contributed by atoms with Crippen LogP contribution in [0.5, 0.6) is 5.75 Å².